The summed E-state index contributed by atoms with van der Waals surface area (Å²) < 4.78 is 0. The average molecular weight is 396 g/mol. The van der Waals surface area contributed by atoms with Gasteiger partial charge in [-0.15, -0.1) is 0 Å². The largest absolute Gasteiger partial charge is 0.321 e. The Morgan fingerprint density at radius 2 is 1.90 bits per heavy atom. The number of anilines is 2. The summed E-state index contributed by atoms with van der Waals surface area (Å²) in [6.45, 7) is 2.49. The van der Waals surface area contributed by atoms with Crippen LogP contribution in [0.4, 0.5) is 11.4 Å². The number of carbonyl (C=O) groups is 2. The molecule has 5 rings (SSSR count). The molecule has 0 saturated carbocycles. The fourth-order valence-corrected chi connectivity index (χ4v) is 3.92. The third-order valence-corrected chi connectivity index (χ3v) is 5.40. The molecule has 2 aromatic rings. The van der Waals surface area contributed by atoms with Gasteiger partial charge in [0.2, 0.25) is 0 Å². The molecule has 1 aliphatic carbocycles. The Balaban J connectivity index is 1.56. The van der Waals surface area contributed by atoms with Crippen LogP contribution in [0, 0.1) is 12.8 Å². The van der Waals surface area contributed by atoms with Crippen molar-refractivity contribution in [3.8, 4) is 0 Å². The Kier molecular flexibility index (Phi) is 4.32. The van der Waals surface area contributed by atoms with Gasteiger partial charge in [0, 0.05) is 11.3 Å². The van der Waals surface area contributed by atoms with Crippen LogP contribution in [0.25, 0.3) is 0 Å². The fourth-order valence-electron chi connectivity index (χ4n) is 3.92. The number of fused-ring (bicyclic) bond motifs is 3. The van der Waals surface area contributed by atoms with Crippen molar-refractivity contribution in [2.45, 2.75) is 6.92 Å². The van der Waals surface area contributed by atoms with Crippen LogP contribution < -0.4 is 15.8 Å². The molecule has 2 heterocycles. The van der Waals surface area contributed by atoms with Crippen LogP contribution in [0.15, 0.2) is 94.8 Å². The molecule has 0 bridgehead atoms. The van der Waals surface area contributed by atoms with Crippen molar-refractivity contribution >= 4 is 28.8 Å². The molecule has 0 saturated heterocycles. The molecular formula is C24H20N4O2. The molecule has 1 unspecified atom stereocenters. The summed E-state index contributed by atoms with van der Waals surface area (Å²) in [5.74, 6) is -0.893. The first-order chi connectivity index (χ1) is 14.6. The minimum atomic E-state index is -0.533. The number of benzene rings is 2. The highest BCUT2D eigenvalue weighted by atomic mass is 16.2. The van der Waals surface area contributed by atoms with Gasteiger partial charge in [0.1, 0.15) is 5.70 Å². The number of nitrogens with zero attached hydrogens (tertiary/aromatic N) is 2. The fraction of sp³-hybridized carbons (Fsp3) is 0.125. The molecule has 0 spiro atoms. The Labute approximate surface area is 174 Å². The zero-order valence-corrected chi connectivity index (χ0v) is 16.4. The van der Waals surface area contributed by atoms with Crippen LogP contribution in [0.2, 0.25) is 0 Å². The van der Waals surface area contributed by atoms with Gasteiger partial charge in [0.25, 0.3) is 5.91 Å². The smallest absolute Gasteiger partial charge is 0.273 e. The lowest BCUT2D eigenvalue weighted by atomic mass is 9.86. The van der Waals surface area contributed by atoms with E-state index in [-0.39, 0.29) is 11.7 Å². The van der Waals surface area contributed by atoms with E-state index in [0.29, 0.717) is 29.2 Å². The van der Waals surface area contributed by atoms with E-state index < -0.39 is 5.92 Å². The number of aryl methyl sites for hydroxylation is 1. The number of rotatable bonds is 3. The number of nitrogens with one attached hydrogen (secondary N) is 2. The van der Waals surface area contributed by atoms with Crippen LogP contribution in [0.1, 0.15) is 5.56 Å². The van der Waals surface area contributed by atoms with Gasteiger partial charge in [-0.2, -0.15) is 0 Å². The summed E-state index contributed by atoms with van der Waals surface area (Å²) in [4.78, 5) is 30.6. The molecule has 2 N–H and O–H groups in total. The van der Waals surface area contributed by atoms with Gasteiger partial charge in [-0.3, -0.25) is 25.0 Å². The number of hydrogen-bond donors (Lipinski definition) is 2. The number of hydrogen-bond acceptors (Lipinski definition) is 5. The first-order valence-electron chi connectivity index (χ1n) is 9.81. The van der Waals surface area contributed by atoms with Gasteiger partial charge in [-0.05, 0) is 43.3 Å². The molecule has 0 aromatic heterocycles. The average Bonchev–Trinajstić information content (AvgIpc) is 3.14. The van der Waals surface area contributed by atoms with E-state index in [1.54, 1.807) is 12.2 Å². The van der Waals surface area contributed by atoms with Crippen LogP contribution in [-0.4, -0.2) is 23.9 Å². The molecule has 3 aliphatic rings. The van der Waals surface area contributed by atoms with E-state index in [1.165, 1.54) is 0 Å². The monoisotopic (exact) mass is 396 g/mol. The maximum atomic E-state index is 13.3. The first-order valence-corrected chi connectivity index (χ1v) is 9.81. The van der Waals surface area contributed by atoms with Gasteiger partial charge < -0.3 is 5.32 Å². The lowest BCUT2D eigenvalue weighted by Crippen LogP contribution is -2.50. The van der Waals surface area contributed by atoms with Gasteiger partial charge in [-0.25, -0.2) is 0 Å². The number of carbonyl (C=O) groups excluding carboxylic acids is 2. The van der Waals surface area contributed by atoms with Crippen molar-refractivity contribution in [2.75, 3.05) is 16.9 Å². The second-order valence-electron chi connectivity index (χ2n) is 7.49. The van der Waals surface area contributed by atoms with Gasteiger partial charge in [0.15, 0.2) is 5.78 Å². The van der Waals surface area contributed by atoms with Crippen molar-refractivity contribution in [3.05, 3.63) is 95.4 Å². The predicted octanol–water partition coefficient (Wildman–Crippen LogP) is 3.31. The number of ketones is 1. The zero-order chi connectivity index (χ0) is 20.7. The van der Waals surface area contributed by atoms with Crippen LogP contribution in [0.5, 0.6) is 0 Å². The molecule has 6 nitrogen and oxygen atoms in total. The normalized spacial score (nSPS) is 19.6. The summed E-state index contributed by atoms with van der Waals surface area (Å²) in [7, 11) is 0. The first kappa shape index (κ1) is 18.1. The summed E-state index contributed by atoms with van der Waals surface area (Å²) in [6.07, 6.45) is 5.09. The second kappa shape index (κ2) is 7.15. The summed E-state index contributed by atoms with van der Waals surface area (Å²) >= 11 is 0. The van der Waals surface area contributed by atoms with E-state index >= 15 is 0 Å². The minimum absolute atomic E-state index is 0.0585. The maximum Gasteiger partial charge on any atom is 0.273 e. The highest BCUT2D eigenvalue weighted by molar-refractivity contribution is 6.20. The number of aliphatic imine (C=N–C) groups is 1. The molecule has 2 aliphatic heterocycles. The third-order valence-electron chi connectivity index (χ3n) is 5.40. The lowest BCUT2D eigenvalue weighted by Gasteiger charge is -2.33. The molecule has 0 fully saturated rings. The van der Waals surface area contributed by atoms with E-state index in [1.807, 2.05) is 72.6 Å². The number of allylic oxidation sites excluding steroid dienone is 4. The van der Waals surface area contributed by atoms with Gasteiger partial charge in [-0.1, -0.05) is 42.0 Å². The lowest BCUT2D eigenvalue weighted by molar-refractivity contribution is -0.116. The van der Waals surface area contributed by atoms with Crippen molar-refractivity contribution in [3.63, 3.8) is 0 Å². The minimum Gasteiger partial charge on any atom is -0.321 e. The molecule has 148 valence electrons. The Morgan fingerprint density at radius 1 is 1.13 bits per heavy atom. The molecular weight excluding hydrogens is 376 g/mol. The van der Waals surface area contributed by atoms with Crippen LogP contribution >= 0.6 is 0 Å². The molecule has 0 radical (unpaired) electrons. The highest BCUT2D eigenvalue weighted by Crippen LogP contribution is 2.38. The topological polar surface area (TPSA) is 73.8 Å². The van der Waals surface area contributed by atoms with Crippen molar-refractivity contribution < 1.29 is 9.59 Å². The predicted molar refractivity (Wildman–Crippen MR) is 117 cm³/mol. The molecule has 6 heteroatoms. The van der Waals surface area contributed by atoms with Crippen molar-refractivity contribution in [2.24, 2.45) is 10.9 Å². The van der Waals surface area contributed by atoms with Gasteiger partial charge in [0.05, 0.1) is 29.6 Å². The maximum absolute atomic E-state index is 13.3. The Hall–Kier alpha value is -3.93. The molecule has 1 amide bonds. The Morgan fingerprint density at radius 3 is 2.67 bits per heavy atom. The standard InChI is InChI=1S/C24H20N4O2/c1-15-10-12-17(13-11-15)28-14-19-22(21-18(26-19)8-5-9-20(21)29)23(27-28)24(30)25-16-6-3-2-4-7-16/h2-13,21,27H,14H2,1H3,(H,25,30). The van der Waals surface area contributed by atoms with E-state index in [4.69, 9.17) is 4.99 Å². The molecule has 1 atom stereocenters. The van der Waals surface area contributed by atoms with E-state index in [0.717, 1.165) is 17.0 Å². The number of hydrazine groups is 1. The number of amides is 1. The summed E-state index contributed by atoms with van der Waals surface area (Å²) in [5, 5.41) is 4.81. The second-order valence-corrected chi connectivity index (χ2v) is 7.49. The van der Waals surface area contributed by atoms with Crippen LogP contribution in [0.3, 0.4) is 0 Å². The third kappa shape index (κ3) is 3.12. The number of para-hydroxylation sites is 1. The highest BCUT2D eigenvalue weighted by Gasteiger charge is 2.42. The summed E-state index contributed by atoms with van der Waals surface area (Å²) in [6, 6.07) is 17.3. The Bertz CT molecular complexity index is 1160. The van der Waals surface area contributed by atoms with Crippen molar-refractivity contribution in [1.82, 2.24) is 5.43 Å². The van der Waals surface area contributed by atoms with Gasteiger partial charge >= 0.3 is 0 Å². The van der Waals surface area contributed by atoms with Crippen LogP contribution in [-0.2, 0) is 9.59 Å². The quantitative estimate of drug-likeness (QED) is 0.835. The van der Waals surface area contributed by atoms with E-state index in [2.05, 4.69) is 10.7 Å². The summed E-state index contributed by atoms with van der Waals surface area (Å²) in [5.41, 5.74) is 8.44. The van der Waals surface area contributed by atoms with E-state index in [9.17, 15) is 9.59 Å². The zero-order valence-electron chi connectivity index (χ0n) is 16.4. The molecule has 30 heavy (non-hydrogen) atoms. The SMILES string of the molecule is Cc1ccc(N2CC3=NC4=CC=CC(=O)C4C3=C(C(=O)Nc3ccccc3)N2)cc1. The van der Waals surface area contributed by atoms with Crippen molar-refractivity contribution in [1.29, 1.82) is 0 Å². The molecule has 2 aromatic carbocycles.